The molecule has 134 valence electrons. The van der Waals surface area contributed by atoms with Crippen LogP contribution in [0.3, 0.4) is 0 Å². The van der Waals surface area contributed by atoms with Crippen LogP contribution < -0.4 is 4.72 Å². The summed E-state index contributed by atoms with van der Waals surface area (Å²) in [5, 5.41) is 4.89. The molecule has 0 unspecified atom stereocenters. The summed E-state index contributed by atoms with van der Waals surface area (Å²) >= 11 is 5.96. The number of sulfonamides is 1. The average molecular weight is 382 g/mol. The van der Waals surface area contributed by atoms with E-state index in [9.17, 15) is 8.42 Å². The summed E-state index contributed by atoms with van der Waals surface area (Å²) < 4.78 is 28.9. The van der Waals surface area contributed by atoms with Crippen LogP contribution in [0, 0.1) is 0 Å². The van der Waals surface area contributed by atoms with Gasteiger partial charge in [-0.05, 0) is 44.5 Å². The first-order chi connectivity index (χ1) is 11.9. The molecule has 9 heteroatoms. The maximum Gasteiger partial charge on any atom is 0.257 e. The minimum Gasteiger partial charge on any atom is -0.342 e. The minimum atomic E-state index is -3.57. The van der Waals surface area contributed by atoms with Crippen LogP contribution in [-0.2, 0) is 16.4 Å². The lowest BCUT2D eigenvalue weighted by atomic mass is 10.3. The van der Waals surface area contributed by atoms with Crippen molar-refractivity contribution in [3.05, 3.63) is 41.3 Å². The molecule has 0 bridgehead atoms. The summed E-state index contributed by atoms with van der Waals surface area (Å²) in [6.45, 7) is 4.10. The highest BCUT2D eigenvalue weighted by Gasteiger charge is 2.20. The molecule has 3 aromatic rings. The molecular formula is C16H20ClN5O2S. The Hall–Kier alpha value is -1.90. The second-order valence-corrected chi connectivity index (χ2v) is 8.20. The molecule has 0 amide bonds. The SMILES string of the molecule is CC(C)n1nccc1S(=O)(=O)NCCCc1nc2ccc(Cl)cc2[nH]1. The Kier molecular flexibility index (Phi) is 5.12. The van der Waals surface area contributed by atoms with Crippen molar-refractivity contribution in [3.63, 3.8) is 0 Å². The number of hydrogen-bond donors (Lipinski definition) is 2. The van der Waals surface area contributed by atoms with Crippen LogP contribution in [0.15, 0.2) is 35.5 Å². The van der Waals surface area contributed by atoms with Gasteiger partial charge in [0.15, 0.2) is 5.03 Å². The van der Waals surface area contributed by atoms with Gasteiger partial charge in [-0.1, -0.05) is 11.6 Å². The topological polar surface area (TPSA) is 92.7 Å². The second-order valence-electron chi connectivity index (χ2n) is 6.05. The van der Waals surface area contributed by atoms with Crippen LogP contribution in [0.5, 0.6) is 0 Å². The molecule has 0 radical (unpaired) electrons. The number of nitrogens with zero attached hydrogens (tertiary/aromatic N) is 3. The van der Waals surface area contributed by atoms with E-state index in [-0.39, 0.29) is 11.1 Å². The molecule has 0 saturated heterocycles. The lowest BCUT2D eigenvalue weighted by molar-refractivity contribution is 0.475. The first kappa shape index (κ1) is 17.9. The minimum absolute atomic E-state index is 0.0241. The average Bonchev–Trinajstić information content (AvgIpc) is 3.18. The number of aromatic amines is 1. The molecule has 0 aliphatic rings. The number of hydrogen-bond acceptors (Lipinski definition) is 4. The Morgan fingerprint density at radius 3 is 2.88 bits per heavy atom. The molecule has 2 N–H and O–H groups in total. The molecule has 25 heavy (non-hydrogen) atoms. The third-order valence-electron chi connectivity index (χ3n) is 3.77. The lowest BCUT2D eigenvalue weighted by Gasteiger charge is -2.11. The normalized spacial score (nSPS) is 12.3. The fourth-order valence-electron chi connectivity index (χ4n) is 2.59. The summed E-state index contributed by atoms with van der Waals surface area (Å²) in [5.74, 6) is 0.809. The van der Waals surface area contributed by atoms with E-state index >= 15 is 0 Å². The van der Waals surface area contributed by atoms with Crippen LogP contribution >= 0.6 is 11.6 Å². The molecule has 0 saturated carbocycles. The van der Waals surface area contributed by atoms with Crippen LogP contribution in [0.2, 0.25) is 5.02 Å². The van der Waals surface area contributed by atoms with Gasteiger partial charge in [0.05, 0.1) is 17.2 Å². The monoisotopic (exact) mass is 381 g/mol. The Morgan fingerprint density at radius 2 is 2.12 bits per heavy atom. The number of fused-ring (bicyclic) bond motifs is 1. The highest BCUT2D eigenvalue weighted by atomic mass is 35.5. The number of imidazole rings is 1. The van der Waals surface area contributed by atoms with E-state index in [4.69, 9.17) is 11.6 Å². The predicted octanol–water partition coefficient (Wildman–Crippen LogP) is 2.90. The molecule has 0 fully saturated rings. The first-order valence-corrected chi connectivity index (χ1v) is 9.90. The van der Waals surface area contributed by atoms with E-state index < -0.39 is 10.0 Å². The molecule has 0 spiro atoms. The van der Waals surface area contributed by atoms with E-state index in [0.29, 0.717) is 24.4 Å². The molecule has 2 heterocycles. The number of benzene rings is 1. The fraction of sp³-hybridized carbons (Fsp3) is 0.375. The van der Waals surface area contributed by atoms with Crippen LogP contribution in [0.25, 0.3) is 11.0 Å². The first-order valence-electron chi connectivity index (χ1n) is 8.04. The second kappa shape index (κ2) is 7.15. The quantitative estimate of drug-likeness (QED) is 0.615. The molecule has 0 atom stereocenters. The van der Waals surface area contributed by atoms with Crippen molar-refractivity contribution in [2.24, 2.45) is 0 Å². The van der Waals surface area contributed by atoms with Gasteiger partial charge in [0, 0.05) is 24.0 Å². The standard InChI is InChI=1S/C16H20ClN5O2S/c1-11(2)22-16(7-9-18-22)25(23,24)19-8-3-4-15-20-13-6-5-12(17)10-14(13)21-15/h5-7,9-11,19H,3-4,8H2,1-2H3,(H,20,21). The zero-order valence-electron chi connectivity index (χ0n) is 14.0. The number of halogens is 1. The summed E-state index contributed by atoms with van der Waals surface area (Å²) in [6.07, 6.45) is 2.76. The Bertz CT molecular complexity index is 977. The fourth-order valence-corrected chi connectivity index (χ4v) is 4.07. The number of nitrogens with one attached hydrogen (secondary N) is 2. The van der Waals surface area contributed by atoms with Crippen molar-refractivity contribution in [2.75, 3.05) is 6.54 Å². The summed E-state index contributed by atoms with van der Waals surface area (Å²) in [4.78, 5) is 7.67. The van der Waals surface area contributed by atoms with Gasteiger partial charge in [-0.3, -0.25) is 4.68 Å². The van der Waals surface area contributed by atoms with E-state index in [1.807, 2.05) is 26.0 Å². The summed E-state index contributed by atoms with van der Waals surface area (Å²) in [5.41, 5.74) is 1.73. The largest absolute Gasteiger partial charge is 0.342 e. The van der Waals surface area contributed by atoms with Crippen LogP contribution in [0.1, 0.15) is 32.1 Å². The summed E-state index contributed by atoms with van der Waals surface area (Å²) in [6, 6.07) is 6.95. The third kappa shape index (κ3) is 4.02. The van der Waals surface area contributed by atoms with Crippen molar-refractivity contribution >= 4 is 32.7 Å². The zero-order chi connectivity index (χ0) is 18.0. The number of aryl methyl sites for hydroxylation is 1. The molecule has 1 aromatic carbocycles. The number of rotatable bonds is 7. The van der Waals surface area contributed by atoms with Gasteiger partial charge in [-0.15, -0.1) is 0 Å². The number of aromatic nitrogens is 4. The Labute approximate surface area is 151 Å². The van der Waals surface area contributed by atoms with Gasteiger partial charge in [0.25, 0.3) is 10.0 Å². The molecule has 0 aliphatic heterocycles. The maximum absolute atomic E-state index is 12.4. The lowest BCUT2D eigenvalue weighted by Crippen LogP contribution is -2.28. The smallest absolute Gasteiger partial charge is 0.257 e. The molecule has 3 rings (SSSR count). The van der Waals surface area contributed by atoms with Crippen molar-refractivity contribution in [3.8, 4) is 0 Å². The van der Waals surface area contributed by atoms with Gasteiger partial charge in [-0.2, -0.15) is 5.10 Å². The number of H-pyrrole nitrogens is 1. The highest BCUT2D eigenvalue weighted by Crippen LogP contribution is 2.18. The predicted molar refractivity (Wildman–Crippen MR) is 97.2 cm³/mol. The molecule has 0 aliphatic carbocycles. The van der Waals surface area contributed by atoms with Gasteiger partial charge in [0.1, 0.15) is 5.82 Å². The van der Waals surface area contributed by atoms with E-state index in [0.717, 1.165) is 16.9 Å². The highest BCUT2D eigenvalue weighted by molar-refractivity contribution is 7.89. The van der Waals surface area contributed by atoms with E-state index in [2.05, 4.69) is 19.8 Å². The van der Waals surface area contributed by atoms with Crippen molar-refractivity contribution in [1.29, 1.82) is 0 Å². The van der Waals surface area contributed by atoms with E-state index in [1.165, 1.54) is 16.9 Å². The zero-order valence-corrected chi connectivity index (χ0v) is 15.6. The molecular weight excluding hydrogens is 362 g/mol. The Balaban J connectivity index is 1.59. The van der Waals surface area contributed by atoms with Crippen molar-refractivity contribution in [2.45, 2.75) is 37.8 Å². The van der Waals surface area contributed by atoms with Crippen LogP contribution in [0.4, 0.5) is 0 Å². The van der Waals surface area contributed by atoms with Gasteiger partial charge in [0.2, 0.25) is 0 Å². The van der Waals surface area contributed by atoms with Gasteiger partial charge >= 0.3 is 0 Å². The van der Waals surface area contributed by atoms with Crippen LogP contribution in [-0.4, -0.2) is 34.7 Å². The third-order valence-corrected chi connectivity index (χ3v) is 5.47. The summed E-state index contributed by atoms with van der Waals surface area (Å²) in [7, 11) is -3.57. The molecule has 2 aromatic heterocycles. The Morgan fingerprint density at radius 1 is 1.32 bits per heavy atom. The molecule has 7 nitrogen and oxygen atoms in total. The maximum atomic E-state index is 12.4. The van der Waals surface area contributed by atoms with E-state index in [1.54, 1.807) is 6.07 Å². The van der Waals surface area contributed by atoms with Gasteiger partial charge in [-0.25, -0.2) is 18.1 Å². The van der Waals surface area contributed by atoms with Gasteiger partial charge < -0.3 is 4.98 Å². The van der Waals surface area contributed by atoms with Crippen molar-refractivity contribution in [1.82, 2.24) is 24.5 Å². The van der Waals surface area contributed by atoms with Crippen molar-refractivity contribution < 1.29 is 8.42 Å².